The third-order valence-corrected chi connectivity index (χ3v) is 3.58. The summed E-state index contributed by atoms with van der Waals surface area (Å²) in [7, 11) is 0. The van der Waals surface area contributed by atoms with E-state index in [1.54, 1.807) is 0 Å². The second-order valence-corrected chi connectivity index (χ2v) is 5.10. The predicted octanol–water partition coefficient (Wildman–Crippen LogP) is 2.67. The molecule has 2 N–H and O–H groups in total. The SMILES string of the molecule is Cc1[nH]ncc1CNCc1ccccc1Cn1cccn1.Cl. The van der Waals surface area contributed by atoms with Crippen molar-refractivity contribution in [2.24, 2.45) is 0 Å². The van der Waals surface area contributed by atoms with Crippen LogP contribution in [-0.4, -0.2) is 20.0 Å². The molecule has 3 rings (SSSR count). The summed E-state index contributed by atoms with van der Waals surface area (Å²) < 4.78 is 1.94. The van der Waals surface area contributed by atoms with E-state index < -0.39 is 0 Å². The van der Waals surface area contributed by atoms with Crippen LogP contribution in [0, 0.1) is 6.92 Å². The van der Waals surface area contributed by atoms with Crippen LogP contribution in [0.2, 0.25) is 0 Å². The van der Waals surface area contributed by atoms with Crippen molar-refractivity contribution in [3.05, 3.63) is 71.3 Å². The highest BCUT2D eigenvalue weighted by atomic mass is 35.5. The number of hydrogen-bond acceptors (Lipinski definition) is 3. The van der Waals surface area contributed by atoms with Gasteiger partial charge in [-0.15, -0.1) is 12.4 Å². The minimum atomic E-state index is 0. The van der Waals surface area contributed by atoms with E-state index in [0.29, 0.717) is 0 Å². The molecule has 2 heterocycles. The number of hydrogen-bond donors (Lipinski definition) is 2. The summed E-state index contributed by atoms with van der Waals surface area (Å²) in [5, 5.41) is 14.7. The molecule has 0 aliphatic heterocycles. The average Bonchev–Trinajstić information content (AvgIpc) is 3.13. The number of nitrogens with zero attached hydrogens (tertiary/aromatic N) is 3. The van der Waals surface area contributed by atoms with Gasteiger partial charge in [0.1, 0.15) is 0 Å². The van der Waals surface area contributed by atoms with Crippen molar-refractivity contribution in [1.29, 1.82) is 0 Å². The van der Waals surface area contributed by atoms with Gasteiger partial charge in [-0.3, -0.25) is 9.78 Å². The standard InChI is InChI=1S/C16H19N5.ClH/c1-13-16(11-18-20-13)10-17-9-14-5-2-3-6-15(14)12-21-8-4-7-19-21;/h2-8,11,17H,9-10,12H2,1H3,(H,18,20);1H. The lowest BCUT2D eigenvalue weighted by Gasteiger charge is -2.10. The predicted molar refractivity (Wildman–Crippen MR) is 88.9 cm³/mol. The molecule has 0 aliphatic carbocycles. The minimum absolute atomic E-state index is 0. The Morgan fingerprint density at radius 3 is 2.55 bits per heavy atom. The van der Waals surface area contributed by atoms with E-state index >= 15 is 0 Å². The number of halogens is 1. The molecule has 0 fully saturated rings. The van der Waals surface area contributed by atoms with Crippen LogP contribution in [0.4, 0.5) is 0 Å². The summed E-state index contributed by atoms with van der Waals surface area (Å²) in [6, 6.07) is 10.4. The minimum Gasteiger partial charge on any atom is -0.308 e. The highest BCUT2D eigenvalue weighted by Gasteiger charge is 2.04. The molecule has 0 saturated heterocycles. The van der Waals surface area contributed by atoms with Gasteiger partial charge in [0.05, 0.1) is 12.7 Å². The second-order valence-electron chi connectivity index (χ2n) is 5.10. The van der Waals surface area contributed by atoms with Crippen molar-refractivity contribution in [1.82, 2.24) is 25.3 Å². The first-order valence-electron chi connectivity index (χ1n) is 7.06. The lowest BCUT2D eigenvalue weighted by molar-refractivity contribution is 0.655. The van der Waals surface area contributed by atoms with Crippen LogP contribution in [0.1, 0.15) is 22.4 Å². The molecule has 0 atom stereocenters. The molecular weight excluding hydrogens is 298 g/mol. The second kappa shape index (κ2) is 7.77. The van der Waals surface area contributed by atoms with Crippen LogP contribution >= 0.6 is 12.4 Å². The highest BCUT2D eigenvalue weighted by Crippen LogP contribution is 2.11. The maximum Gasteiger partial charge on any atom is 0.0662 e. The van der Waals surface area contributed by atoms with Crippen LogP contribution in [0.15, 0.2) is 48.9 Å². The first kappa shape index (κ1) is 16.3. The molecule has 0 radical (unpaired) electrons. The normalized spacial score (nSPS) is 10.4. The van der Waals surface area contributed by atoms with Crippen LogP contribution in [0.5, 0.6) is 0 Å². The Hall–Kier alpha value is -2.11. The zero-order chi connectivity index (χ0) is 14.5. The Bertz CT molecular complexity index is 690. The lowest BCUT2D eigenvalue weighted by atomic mass is 10.1. The third-order valence-electron chi connectivity index (χ3n) is 3.58. The molecule has 5 nitrogen and oxygen atoms in total. The Balaban J connectivity index is 0.00000176. The van der Waals surface area contributed by atoms with Gasteiger partial charge in [0.25, 0.3) is 0 Å². The largest absolute Gasteiger partial charge is 0.308 e. The number of aryl methyl sites for hydroxylation is 1. The van der Waals surface area contributed by atoms with Gasteiger partial charge in [0, 0.05) is 36.7 Å². The van der Waals surface area contributed by atoms with Crippen molar-refractivity contribution in [2.75, 3.05) is 0 Å². The monoisotopic (exact) mass is 317 g/mol. The van der Waals surface area contributed by atoms with Gasteiger partial charge in [-0.25, -0.2) is 0 Å². The molecule has 0 spiro atoms. The first-order chi connectivity index (χ1) is 10.3. The topological polar surface area (TPSA) is 58.5 Å². The summed E-state index contributed by atoms with van der Waals surface area (Å²) in [6.45, 7) is 4.49. The van der Waals surface area contributed by atoms with E-state index in [1.807, 2.05) is 36.3 Å². The van der Waals surface area contributed by atoms with E-state index in [9.17, 15) is 0 Å². The van der Waals surface area contributed by atoms with E-state index in [1.165, 1.54) is 16.7 Å². The third kappa shape index (κ3) is 3.96. The van der Waals surface area contributed by atoms with Crippen molar-refractivity contribution in [3.63, 3.8) is 0 Å². The van der Waals surface area contributed by atoms with E-state index in [-0.39, 0.29) is 12.4 Å². The van der Waals surface area contributed by atoms with Crippen LogP contribution in [0.3, 0.4) is 0 Å². The van der Waals surface area contributed by atoms with Gasteiger partial charge in [-0.05, 0) is 24.1 Å². The summed E-state index contributed by atoms with van der Waals surface area (Å²) in [4.78, 5) is 0. The maximum absolute atomic E-state index is 4.27. The molecule has 6 heteroatoms. The molecule has 0 saturated carbocycles. The molecule has 1 aromatic carbocycles. The molecule has 3 aromatic rings. The summed E-state index contributed by atoms with van der Waals surface area (Å²) in [5.74, 6) is 0. The van der Waals surface area contributed by atoms with Gasteiger partial charge in [-0.1, -0.05) is 24.3 Å². The zero-order valence-electron chi connectivity index (χ0n) is 12.5. The summed E-state index contributed by atoms with van der Waals surface area (Å²) in [5.41, 5.74) is 4.92. The number of H-pyrrole nitrogens is 1. The number of aromatic amines is 1. The quantitative estimate of drug-likeness (QED) is 0.735. The van der Waals surface area contributed by atoms with Gasteiger partial charge < -0.3 is 5.32 Å². The molecule has 0 unspecified atom stereocenters. The molecule has 0 amide bonds. The fourth-order valence-electron chi connectivity index (χ4n) is 2.34. The Morgan fingerprint density at radius 1 is 1.09 bits per heavy atom. The lowest BCUT2D eigenvalue weighted by Crippen LogP contribution is -2.15. The average molecular weight is 318 g/mol. The molecule has 22 heavy (non-hydrogen) atoms. The maximum atomic E-state index is 4.27. The van der Waals surface area contributed by atoms with Crippen molar-refractivity contribution in [2.45, 2.75) is 26.6 Å². The number of nitrogens with one attached hydrogen (secondary N) is 2. The molecule has 2 aromatic heterocycles. The zero-order valence-corrected chi connectivity index (χ0v) is 13.3. The Morgan fingerprint density at radius 2 is 1.86 bits per heavy atom. The van der Waals surface area contributed by atoms with Crippen molar-refractivity contribution >= 4 is 12.4 Å². The number of benzene rings is 1. The van der Waals surface area contributed by atoms with E-state index in [4.69, 9.17) is 0 Å². The summed E-state index contributed by atoms with van der Waals surface area (Å²) >= 11 is 0. The fourth-order valence-corrected chi connectivity index (χ4v) is 2.34. The highest BCUT2D eigenvalue weighted by molar-refractivity contribution is 5.85. The van der Waals surface area contributed by atoms with Crippen molar-refractivity contribution in [3.8, 4) is 0 Å². The molecule has 116 valence electrons. The summed E-state index contributed by atoms with van der Waals surface area (Å²) in [6.07, 6.45) is 5.67. The number of aromatic nitrogens is 4. The van der Waals surface area contributed by atoms with Crippen LogP contribution in [0.25, 0.3) is 0 Å². The molecule has 0 aliphatic rings. The van der Waals surface area contributed by atoms with E-state index in [2.05, 4.69) is 44.9 Å². The van der Waals surface area contributed by atoms with Gasteiger partial charge in [0.15, 0.2) is 0 Å². The fraction of sp³-hybridized carbons (Fsp3) is 0.250. The van der Waals surface area contributed by atoms with Gasteiger partial charge >= 0.3 is 0 Å². The molecular formula is C16H20ClN5. The first-order valence-corrected chi connectivity index (χ1v) is 7.06. The smallest absolute Gasteiger partial charge is 0.0662 e. The van der Waals surface area contributed by atoms with Gasteiger partial charge in [-0.2, -0.15) is 10.2 Å². The molecule has 0 bridgehead atoms. The van der Waals surface area contributed by atoms with Gasteiger partial charge in [0.2, 0.25) is 0 Å². The van der Waals surface area contributed by atoms with Crippen molar-refractivity contribution < 1.29 is 0 Å². The Labute approximate surface area is 136 Å². The van der Waals surface area contributed by atoms with E-state index in [0.717, 1.165) is 25.3 Å². The van der Waals surface area contributed by atoms with Crippen LogP contribution in [-0.2, 0) is 19.6 Å². The Kier molecular flexibility index (Phi) is 5.75. The number of rotatable bonds is 6. The van der Waals surface area contributed by atoms with Crippen LogP contribution < -0.4 is 5.32 Å².